The topological polar surface area (TPSA) is 29.9 Å². The fourth-order valence-electron chi connectivity index (χ4n) is 2.53. The number of benzene rings is 2. The van der Waals surface area contributed by atoms with Crippen LogP contribution in [0, 0.1) is 6.92 Å². The molecule has 2 nitrogen and oxygen atoms in total. The standard InChI is InChI=1S/C21H20N2/c1-17-15-19(8-7-18-9-11-21(22)12-10-18)13-14-23(17)16-20-5-3-2-4-6-20/h2-15,22H,16H2,1H3/p+1. The lowest BCUT2D eigenvalue weighted by Crippen LogP contribution is -2.37. The van der Waals surface area contributed by atoms with E-state index < -0.39 is 0 Å². The molecule has 0 unspecified atom stereocenters. The highest BCUT2D eigenvalue weighted by atomic mass is 14.9. The van der Waals surface area contributed by atoms with E-state index in [-0.39, 0.29) is 0 Å². The third-order valence-electron chi connectivity index (χ3n) is 3.88. The Morgan fingerprint density at radius 1 is 0.870 bits per heavy atom. The van der Waals surface area contributed by atoms with Gasteiger partial charge in [0.25, 0.3) is 0 Å². The number of pyridine rings is 1. The van der Waals surface area contributed by atoms with E-state index in [1.54, 1.807) is 0 Å². The molecule has 114 valence electrons. The lowest BCUT2D eigenvalue weighted by atomic mass is 10.1. The number of anilines is 1. The van der Waals surface area contributed by atoms with Crippen molar-refractivity contribution in [3.63, 3.8) is 0 Å². The van der Waals surface area contributed by atoms with E-state index in [2.05, 4.69) is 66.2 Å². The molecular formula is C21H21N2+. The molecule has 1 aromatic heterocycles. The largest absolute Gasteiger partial charge is 0.399 e. The van der Waals surface area contributed by atoms with Crippen LogP contribution < -0.4 is 10.3 Å². The number of aromatic nitrogens is 1. The van der Waals surface area contributed by atoms with Gasteiger partial charge in [-0.1, -0.05) is 54.6 Å². The number of nitrogen functional groups attached to an aromatic ring is 1. The number of nitrogens with zero attached hydrogens (tertiary/aromatic N) is 1. The van der Waals surface area contributed by atoms with Crippen molar-refractivity contribution in [1.29, 1.82) is 0 Å². The van der Waals surface area contributed by atoms with Crippen molar-refractivity contribution < 1.29 is 4.57 Å². The predicted octanol–water partition coefficient (Wildman–Crippen LogP) is 4.08. The smallest absolute Gasteiger partial charge is 0.179 e. The molecule has 3 rings (SSSR count). The molecule has 0 bridgehead atoms. The summed E-state index contributed by atoms with van der Waals surface area (Å²) < 4.78 is 2.26. The molecule has 0 radical (unpaired) electrons. The molecule has 23 heavy (non-hydrogen) atoms. The highest BCUT2D eigenvalue weighted by Gasteiger charge is 2.07. The van der Waals surface area contributed by atoms with Crippen molar-refractivity contribution in [2.75, 3.05) is 5.73 Å². The fraction of sp³-hybridized carbons (Fsp3) is 0.0952. The summed E-state index contributed by atoms with van der Waals surface area (Å²) in [4.78, 5) is 0. The Kier molecular flexibility index (Phi) is 4.53. The number of nitrogens with two attached hydrogens (primary N) is 1. The first kappa shape index (κ1) is 15.0. The van der Waals surface area contributed by atoms with Crippen LogP contribution in [0.5, 0.6) is 0 Å². The van der Waals surface area contributed by atoms with Gasteiger partial charge >= 0.3 is 0 Å². The average molecular weight is 301 g/mol. The van der Waals surface area contributed by atoms with Crippen molar-refractivity contribution in [3.8, 4) is 0 Å². The van der Waals surface area contributed by atoms with E-state index in [0.717, 1.165) is 17.8 Å². The third kappa shape index (κ3) is 4.07. The first-order valence-corrected chi connectivity index (χ1v) is 7.78. The van der Waals surface area contributed by atoms with Gasteiger partial charge in [-0.05, 0) is 23.3 Å². The maximum absolute atomic E-state index is 5.71. The molecule has 1 heterocycles. The summed E-state index contributed by atoms with van der Waals surface area (Å²) in [7, 11) is 0. The molecule has 0 saturated carbocycles. The maximum atomic E-state index is 5.71. The molecule has 0 amide bonds. The van der Waals surface area contributed by atoms with Gasteiger partial charge in [0.2, 0.25) is 0 Å². The van der Waals surface area contributed by atoms with E-state index in [4.69, 9.17) is 5.73 Å². The Morgan fingerprint density at radius 3 is 2.26 bits per heavy atom. The van der Waals surface area contributed by atoms with Crippen LogP contribution in [0.15, 0.2) is 72.9 Å². The van der Waals surface area contributed by atoms with Crippen LogP contribution in [0.3, 0.4) is 0 Å². The number of rotatable bonds is 4. The van der Waals surface area contributed by atoms with Gasteiger partial charge in [0.15, 0.2) is 18.4 Å². The van der Waals surface area contributed by atoms with Gasteiger partial charge in [-0.3, -0.25) is 0 Å². The van der Waals surface area contributed by atoms with E-state index in [9.17, 15) is 0 Å². The summed E-state index contributed by atoms with van der Waals surface area (Å²) >= 11 is 0. The average Bonchev–Trinajstić information content (AvgIpc) is 2.57. The molecule has 2 aromatic carbocycles. The van der Waals surface area contributed by atoms with E-state index in [1.165, 1.54) is 16.8 Å². The maximum Gasteiger partial charge on any atom is 0.179 e. The summed E-state index contributed by atoms with van der Waals surface area (Å²) in [6.45, 7) is 3.04. The lowest BCUT2D eigenvalue weighted by molar-refractivity contribution is -0.694. The quantitative estimate of drug-likeness (QED) is 0.571. The van der Waals surface area contributed by atoms with Crippen LogP contribution in [0.25, 0.3) is 12.2 Å². The van der Waals surface area contributed by atoms with Crippen molar-refractivity contribution in [3.05, 3.63) is 95.3 Å². The third-order valence-corrected chi connectivity index (χ3v) is 3.88. The molecule has 0 aliphatic carbocycles. The Balaban J connectivity index is 1.75. The van der Waals surface area contributed by atoms with Gasteiger partial charge in [-0.2, -0.15) is 4.57 Å². The summed E-state index contributed by atoms with van der Waals surface area (Å²) in [6, 6.07) is 22.8. The molecular weight excluding hydrogens is 280 g/mol. The fourth-order valence-corrected chi connectivity index (χ4v) is 2.53. The Labute approximate surface area is 137 Å². The van der Waals surface area contributed by atoms with Gasteiger partial charge in [-0.15, -0.1) is 0 Å². The number of aryl methyl sites for hydroxylation is 1. The minimum atomic E-state index is 0.791. The second kappa shape index (κ2) is 6.93. The summed E-state index contributed by atoms with van der Waals surface area (Å²) in [5, 5.41) is 0. The molecule has 0 aliphatic rings. The van der Waals surface area contributed by atoms with Gasteiger partial charge < -0.3 is 5.73 Å². The summed E-state index contributed by atoms with van der Waals surface area (Å²) in [6.07, 6.45) is 6.38. The number of hydrogen-bond acceptors (Lipinski definition) is 1. The Hall–Kier alpha value is -2.87. The predicted molar refractivity (Wildman–Crippen MR) is 96.7 cm³/mol. The normalized spacial score (nSPS) is 11.0. The minimum Gasteiger partial charge on any atom is -0.399 e. The van der Waals surface area contributed by atoms with Crippen molar-refractivity contribution >= 4 is 17.8 Å². The molecule has 2 N–H and O–H groups in total. The van der Waals surface area contributed by atoms with E-state index >= 15 is 0 Å². The zero-order valence-electron chi connectivity index (χ0n) is 13.3. The van der Waals surface area contributed by atoms with E-state index in [0.29, 0.717) is 0 Å². The highest BCUT2D eigenvalue weighted by molar-refractivity contribution is 5.70. The molecule has 0 atom stereocenters. The molecule has 0 aliphatic heterocycles. The zero-order valence-corrected chi connectivity index (χ0v) is 13.3. The monoisotopic (exact) mass is 301 g/mol. The van der Waals surface area contributed by atoms with Crippen LogP contribution in [-0.4, -0.2) is 0 Å². The molecule has 0 saturated heterocycles. The van der Waals surface area contributed by atoms with Gasteiger partial charge in [0, 0.05) is 30.3 Å². The molecule has 0 fully saturated rings. The van der Waals surface area contributed by atoms with Crippen molar-refractivity contribution in [2.24, 2.45) is 0 Å². The SMILES string of the molecule is Cc1cc(/C=C/c2ccc(N)cc2)cc[n+]1Cc1ccccc1. The zero-order chi connectivity index (χ0) is 16.1. The van der Waals surface area contributed by atoms with E-state index in [1.807, 2.05) is 30.3 Å². The van der Waals surface area contributed by atoms with Crippen LogP contribution in [-0.2, 0) is 6.54 Å². The van der Waals surface area contributed by atoms with Crippen molar-refractivity contribution in [2.45, 2.75) is 13.5 Å². The van der Waals surface area contributed by atoms with Crippen molar-refractivity contribution in [1.82, 2.24) is 0 Å². The second-order valence-electron chi connectivity index (χ2n) is 5.71. The Morgan fingerprint density at radius 2 is 1.57 bits per heavy atom. The van der Waals surface area contributed by atoms with Crippen LogP contribution >= 0.6 is 0 Å². The number of hydrogen-bond donors (Lipinski definition) is 1. The summed E-state index contributed by atoms with van der Waals surface area (Å²) in [5.41, 5.74) is 11.4. The minimum absolute atomic E-state index is 0.791. The van der Waals surface area contributed by atoms with Crippen LogP contribution in [0.2, 0.25) is 0 Å². The molecule has 2 heteroatoms. The second-order valence-corrected chi connectivity index (χ2v) is 5.71. The first-order chi connectivity index (χ1) is 11.2. The lowest BCUT2D eigenvalue weighted by Gasteiger charge is -2.02. The molecule has 0 spiro atoms. The summed E-state index contributed by atoms with van der Waals surface area (Å²) in [5.74, 6) is 0. The van der Waals surface area contributed by atoms with Gasteiger partial charge in [0.1, 0.15) is 0 Å². The molecule has 3 aromatic rings. The highest BCUT2D eigenvalue weighted by Crippen LogP contribution is 2.11. The van der Waals surface area contributed by atoms with Gasteiger partial charge in [-0.25, -0.2) is 0 Å². The van der Waals surface area contributed by atoms with Gasteiger partial charge in [0.05, 0.1) is 0 Å². The van der Waals surface area contributed by atoms with Crippen LogP contribution in [0.1, 0.15) is 22.4 Å². The Bertz CT molecular complexity index is 803. The van der Waals surface area contributed by atoms with Crippen LogP contribution in [0.4, 0.5) is 5.69 Å². The first-order valence-electron chi connectivity index (χ1n) is 7.78.